The van der Waals surface area contributed by atoms with Crippen LogP contribution in [0, 0.1) is 0 Å². The van der Waals surface area contributed by atoms with E-state index in [1.165, 1.54) is 0 Å². The molecule has 2 aromatic rings. The van der Waals surface area contributed by atoms with Gasteiger partial charge in [-0.3, -0.25) is 4.68 Å². The molecular weight excluding hydrogens is 234 g/mol. The van der Waals surface area contributed by atoms with Gasteiger partial charge in [0.2, 0.25) is 5.82 Å². The molecule has 0 bridgehead atoms. The minimum Gasteiger partial charge on any atom is -0.380 e. The van der Waals surface area contributed by atoms with Crippen LogP contribution in [0.3, 0.4) is 0 Å². The number of hydrogen-bond acceptors (Lipinski definition) is 6. The molecule has 2 N–H and O–H groups in total. The van der Waals surface area contributed by atoms with E-state index in [4.69, 9.17) is 4.52 Å². The predicted molar refractivity (Wildman–Crippen MR) is 62.5 cm³/mol. The van der Waals surface area contributed by atoms with Crippen LogP contribution < -0.4 is 5.32 Å². The molecule has 96 valence electrons. The van der Waals surface area contributed by atoms with Gasteiger partial charge >= 0.3 is 0 Å². The monoisotopic (exact) mass is 249 g/mol. The SMILES string of the molecule is Cn1cc(-c2noc(C3(O)CCNCC3)n2)cn1. The maximum atomic E-state index is 10.5. The highest BCUT2D eigenvalue weighted by Gasteiger charge is 2.37. The first-order valence-corrected chi connectivity index (χ1v) is 5.94. The van der Waals surface area contributed by atoms with Crippen LogP contribution in [0.15, 0.2) is 16.9 Å². The summed E-state index contributed by atoms with van der Waals surface area (Å²) in [4.78, 5) is 4.28. The summed E-state index contributed by atoms with van der Waals surface area (Å²) < 4.78 is 6.87. The second-order valence-corrected chi connectivity index (χ2v) is 4.61. The summed E-state index contributed by atoms with van der Waals surface area (Å²) in [6, 6.07) is 0. The van der Waals surface area contributed by atoms with E-state index in [9.17, 15) is 5.11 Å². The molecule has 2 aromatic heterocycles. The van der Waals surface area contributed by atoms with Crippen molar-refractivity contribution < 1.29 is 9.63 Å². The van der Waals surface area contributed by atoms with Crippen LogP contribution >= 0.6 is 0 Å². The molecule has 1 aliphatic rings. The van der Waals surface area contributed by atoms with Crippen molar-refractivity contribution in [2.45, 2.75) is 18.4 Å². The largest absolute Gasteiger partial charge is 0.380 e. The number of aliphatic hydroxyl groups is 1. The smallest absolute Gasteiger partial charge is 0.259 e. The normalized spacial score (nSPS) is 19.0. The summed E-state index contributed by atoms with van der Waals surface area (Å²) in [5.41, 5.74) is -0.219. The molecule has 0 atom stereocenters. The van der Waals surface area contributed by atoms with E-state index in [0.29, 0.717) is 24.6 Å². The van der Waals surface area contributed by atoms with Gasteiger partial charge in [-0.15, -0.1) is 0 Å². The van der Waals surface area contributed by atoms with Crippen molar-refractivity contribution in [3.8, 4) is 11.4 Å². The third-order valence-electron chi connectivity index (χ3n) is 3.22. The fourth-order valence-electron chi connectivity index (χ4n) is 2.12. The predicted octanol–water partition coefficient (Wildman–Crippen LogP) is 0.0411. The number of nitrogens with one attached hydrogen (secondary N) is 1. The molecule has 0 spiro atoms. The van der Waals surface area contributed by atoms with E-state index in [2.05, 4.69) is 20.6 Å². The topological polar surface area (TPSA) is 89.0 Å². The minimum absolute atomic E-state index is 0.294. The van der Waals surface area contributed by atoms with Crippen LogP contribution in [0.1, 0.15) is 18.7 Å². The summed E-state index contributed by atoms with van der Waals surface area (Å²) in [5, 5.41) is 21.6. The Labute approximate surface area is 104 Å². The number of hydrogen-bond donors (Lipinski definition) is 2. The average Bonchev–Trinajstić information content (AvgIpc) is 2.98. The summed E-state index contributed by atoms with van der Waals surface area (Å²) in [6.45, 7) is 1.50. The van der Waals surface area contributed by atoms with E-state index in [1.807, 2.05) is 7.05 Å². The molecule has 0 unspecified atom stereocenters. The fraction of sp³-hybridized carbons (Fsp3) is 0.545. The van der Waals surface area contributed by atoms with Gasteiger partial charge in [0.05, 0.1) is 11.8 Å². The molecule has 18 heavy (non-hydrogen) atoms. The van der Waals surface area contributed by atoms with Gasteiger partial charge in [-0.25, -0.2) is 0 Å². The Balaban J connectivity index is 1.89. The zero-order valence-corrected chi connectivity index (χ0v) is 10.1. The van der Waals surface area contributed by atoms with Crippen molar-refractivity contribution in [2.75, 3.05) is 13.1 Å². The maximum Gasteiger partial charge on any atom is 0.259 e. The van der Waals surface area contributed by atoms with Gasteiger partial charge in [0, 0.05) is 13.2 Å². The first kappa shape index (κ1) is 11.4. The summed E-state index contributed by atoms with van der Waals surface area (Å²) in [5.74, 6) is 0.757. The first-order chi connectivity index (χ1) is 8.67. The second kappa shape index (κ2) is 4.18. The van der Waals surface area contributed by atoms with Gasteiger partial charge < -0.3 is 14.9 Å². The second-order valence-electron chi connectivity index (χ2n) is 4.61. The summed E-state index contributed by atoms with van der Waals surface area (Å²) in [7, 11) is 1.82. The van der Waals surface area contributed by atoms with Crippen molar-refractivity contribution in [3.05, 3.63) is 18.3 Å². The van der Waals surface area contributed by atoms with Gasteiger partial charge in [-0.2, -0.15) is 10.1 Å². The number of rotatable bonds is 2. The van der Waals surface area contributed by atoms with Crippen LogP contribution in [0.25, 0.3) is 11.4 Å². The van der Waals surface area contributed by atoms with Crippen LogP contribution in [-0.2, 0) is 12.6 Å². The van der Waals surface area contributed by atoms with Crippen LogP contribution in [0.2, 0.25) is 0 Å². The summed E-state index contributed by atoms with van der Waals surface area (Å²) >= 11 is 0. The lowest BCUT2D eigenvalue weighted by Crippen LogP contribution is -2.39. The lowest BCUT2D eigenvalue weighted by atomic mass is 9.92. The lowest BCUT2D eigenvalue weighted by molar-refractivity contribution is -0.0228. The number of nitrogens with zero attached hydrogens (tertiary/aromatic N) is 4. The Hall–Kier alpha value is -1.73. The standard InChI is InChI=1S/C11H15N5O2/c1-16-7-8(6-13-16)9-14-10(18-15-9)11(17)2-4-12-5-3-11/h6-7,12,17H,2-5H2,1H3. The zero-order valence-electron chi connectivity index (χ0n) is 10.1. The highest BCUT2D eigenvalue weighted by Crippen LogP contribution is 2.30. The Bertz CT molecular complexity index is 541. The molecule has 7 nitrogen and oxygen atoms in total. The molecule has 7 heteroatoms. The number of aryl methyl sites for hydroxylation is 1. The average molecular weight is 249 g/mol. The molecule has 0 aromatic carbocycles. The van der Waals surface area contributed by atoms with Crippen molar-refractivity contribution in [3.63, 3.8) is 0 Å². The Morgan fingerprint density at radius 3 is 2.89 bits per heavy atom. The molecule has 0 amide bonds. The molecule has 1 fully saturated rings. The molecular formula is C11H15N5O2. The molecule has 1 aliphatic heterocycles. The Morgan fingerprint density at radius 1 is 1.44 bits per heavy atom. The lowest BCUT2D eigenvalue weighted by Gasteiger charge is -2.28. The van der Waals surface area contributed by atoms with Crippen molar-refractivity contribution in [2.24, 2.45) is 7.05 Å². The third-order valence-corrected chi connectivity index (χ3v) is 3.22. The van der Waals surface area contributed by atoms with E-state index < -0.39 is 5.60 Å². The van der Waals surface area contributed by atoms with E-state index in [0.717, 1.165) is 18.7 Å². The van der Waals surface area contributed by atoms with E-state index in [-0.39, 0.29) is 0 Å². The van der Waals surface area contributed by atoms with Crippen molar-refractivity contribution in [1.82, 2.24) is 25.2 Å². The van der Waals surface area contributed by atoms with Crippen molar-refractivity contribution in [1.29, 1.82) is 0 Å². The Kier molecular flexibility index (Phi) is 2.64. The molecule has 0 saturated carbocycles. The number of piperidine rings is 1. The minimum atomic E-state index is -1.00. The molecule has 0 aliphatic carbocycles. The van der Waals surface area contributed by atoms with Crippen LogP contribution in [0.4, 0.5) is 0 Å². The fourth-order valence-corrected chi connectivity index (χ4v) is 2.12. The molecule has 3 rings (SSSR count). The van der Waals surface area contributed by atoms with E-state index >= 15 is 0 Å². The highest BCUT2D eigenvalue weighted by atomic mass is 16.5. The Morgan fingerprint density at radius 2 is 2.22 bits per heavy atom. The zero-order chi connectivity index (χ0) is 12.6. The van der Waals surface area contributed by atoms with Gasteiger partial charge in [0.25, 0.3) is 5.89 Å². The van der Waals surface area contributed by atoms with Gasteiger partial charge in [-0.05, 0) is 25.9 Å². The van der Waals surface area contributed by atoms with E-state index in [1.54, 1.807) is 17.1 Å². The van der Waals surface area contributed by atoms with Crippen molar-refractivity contribution >= 4 is 0 Å². The molecule has 1 saturated heterocycles. The maximum absolute atomic E-state index is 10.5. The molecule has 3 heterocycles. The summed E-state index contributed by atoms with van der Waals surface area (Å²) in [6.07, 6.45) is 4.64. The van der Waals surface area contributed by atoms with Gasteiger partial charge in [0.1, 0.15) is 5.60 Å². The molecule has 0 radical (unpaired) electrons. The highest BCUT2D eigenvalue weighted by molar-refractivity contribution is 5.51. The van der Waals surface area contributed by atoms with Gasteiger partial charge in [-0.1, -0.05) is 5.16 Å². The van der Waals surface area contributed by atoms with Crippen LogP contribution in [-0.4, -0.2) is 38.1 Å². The van der Waals surface area contributed by atoms with Crippen LogP contribution in [0.5, 0.6) is 0 Å². The third kappa shape index (κ3) is 1.91. The quantitative estimate of drug-likeness (QED) is 0.781. The number of aromatic nitrogens is 4. The first-order valence-electron chi connectivity index (χ1n) is 5.94. The van der Waals surface area contributed by atoms with Gasteiger partial charge in [0.15, 0.2) is 0 Å².